The second-order valence-electron chi connectivity index (χ2n) is 9.63. The Hall–Kier alpha value is -3.59. The van der Waals surface area contributed by atoms with Crippen molar-refractivity contribution in [1.29, 1.82) is 0 Å². The number of amides is 1. The van der Waals surface area contributed by atoms with Crippen molar-refractivity contribution in [1.82, 2.24) is 4.98 Å². The van der Waals surface area contributed by atoms with Gasteiger partial charge >= 0.3 is 12.6 Å². The largest absolute Gasteiger partial charge is 0.478 e. The number of hydrogen-bond acceptors (Lipinski definition) is 4. The number of aromatic carboxylic acids is 1. The van der Waals surface area contributed by atoms with Gasteiger partial charge in [0.1, 0.15) is 5.75 Å². The molecular formula is C27H24ClF3N2O4. The van der Waals surface area contributed by atoms with Gasteiger partial charge in [0.15, 0.2) is 5.82 Å². The summed E-state index contributed by atoms with van der Waals surface area (Å²) in [6.45, 7) is 1.06. The molecule has 10 heteroatoms. The van der Waals surface area contributed by atoms with Gasteiger partial charge in [-0.25, -0.2) is 9.18 Å². The third kappa shape index (κ3) is 6.05. The van der Waals surface area contributed by atoms with Crippen molar-refractivity contribution in [2.75, 3.05) is 5.32 Å². The summed E-state index contributed by atoms with van der Waals surface area (Å²) in [5.41, 5.74) is 0.943. The molecule has 0 aliphatic heterocycles. The number of carboxylic acids is 1. The number of anilines is 1. The van der Waals surface area contributed by atoms with E-state index in [-0.39, 0.29) is 44.7 Å². The number of carbonyl (C=O) groups is 2. The van der Waals surface area contributed by atoms with Gasteiger partial charge in [0.25, 0.3) is 0 Å². The number of carboxylic acid groups (broad SMARTS) is 1. The van der Waals surface area contributed by atoms with E-state index in [1.54, 1.807) is 6.07 Å². The van der Waals surface area contributed by atoms with Crippen LogP contribution in [0.2, 0.25) is 5.02 Å². The first-order valence-electron chi connectivity index (χ1n) is 11.5. The maximum Gasteiger partial charge on any atom is 0.387 e. The van der Waals surface area contributed by atoms with Gasteiger partial charge in [-0.2, -0.15) is 8.78 Å². The molecule has 1 aliphatic rings. The van der Waals surface area contributed by atoms with Crippen molar-refractivity contribution in [2.45, 2.75) is 39.2 Å². The third-order valence-corrected chi connectivity index (χ3v) is 6.95. The summed E-state index contributed by atoms with van der Waals surface area (Å²) < 4.78 is 45.0. The molecule has 0 bridgehead atoms. The molecule has 0 radical (unpaired) electrons. The summed E-state index contributed by atoms with van der Waals surface area (Å²) in [5.74, 6) is -3.08. The molecule has 2 atom stereocenters. The molecule has 1 amide bonds. The van der Waals surface area contributed by atoms with Crippen molar-refractivity contribution in [3.63, 3.8) is 0 Å². The topological polar surface area (TPSA) is 88.5 Å². The molecular weight excluding hydrogens is 509 g/mol. The number of pyridine rings is 1. The Kier molecular flexibility index (Phi) is 7.45. The number of aromatic nitrogens is 1. The first kappa shape index (κ1) is 26.5. The number of ether oxygens (including phenoxy) is 1. The zero-order chi connectivity index (χ0) is 26.9. The van der Waals surface area contributed by atoms with E-state index in [9.17, 15) is 22.8 Å². The molecule has 2 unspecified atom stereocenters. The van der Waals surface area contributed by atoms with Crippen LogP contribution in [0.15, 0.2) is 54.7 Å². The fraction of sp³-hybridized carbons (Fsp3) is 0.296. The smallest absolute Gasteiger partial charge is 0.387 e. The highest BCUT2D eigenvalue weighted by atomic mass is 35.5. The van der Waals surface area contributed by atoms with E-state index in [4.69, 9.17) is 16.7 Å². The van der Waals surface area contributed by atoms with E-state index < -0.39 is 24.3 Å². The average Bonchev–Trinajstić information content (AvgIpc) is 3.46. The molecule has 2 N–H and O–H groups in total. The van der Waals surface area contributed by atoms with Crippen molar-refractivity contribution in [3.8, 4) is 16.9 Å². The lowest BCUT2D eigenvalue weighted by molar-refractivity contribution is -0.118. The number of rotatable bonds is 9. The van der Waals surface area contributed by atoms with Crippen LogP contribution in [0.1, 0.15) is 48.7 Å². The summed E-state index contributed by atoms with van der Waals surface area (Å²) in [4.78, 5) is 28.8. The molecule has 2 aromatic carbocycles. The van der Waals surface area contributed by atoms with Crippen molar-refractivity contribution in [2.24, 2.45) is 11.3 Å². The van der Waals surface area contributed by atoms with Gasteiger partial charge in [-0.15, -0.1) is 0 Å². The Labute approximate surface area is 216 Å². The lowest BCUT2D eigenvalue weighted by atomic mass is 9.93. The fourth-order valence-corrected chi connectivity index (χ4v) is 4.46. The first-order chi connectivity index (χ1) is 17.5. The fourth-order valence-electron chi connectivity index (χ4n) is 4.31. The van der Waals surface area contributed by atoms with E-state index in [2.05, 4.69) is 28.9 Å². The number of carbonyl (C=O) groups excluding carboxylic acids is 1. The molecule has 4 rings (SSSR count). The Bertz CT molecular complexity index is 1310. The number of benzene rings is 2. The second kappa shape index (κ2) is 10.4. The van der Waals surface area contributed by atoms with Gasteiger partial charge in [-0.05, 0) is 66.6 Å². The minimum Gasteiger partial charge on any atom is -0.478 e. The van der Waals surface area contributed by atoms with Crippen LogP contribution in [0, 0.1) is 17.2 Å². The monoisotopic (exact) mass is 532 g/mol. The molecule has 1 aliphatic carbocycles. The molecule has 1 fully saturated rings. The highest BCUT2D eigenvalue weighted by Crippen LogP contribution is 2.55. The van der Waals surface area contributed by atoms with Gasteiger partial charge in [0, 0.05) is 17.4 Å². The van der Waals surface area contributed by atoms with Crippen LogP contribution >= 0.6 is 11.6 Å². The molecule has 37 heavy (non-hydrogen) atoms. The SMILES string of the molecule is CC1(C)CC1CC(C(=O)Nc1ccc(C(=O)O)cc1)c1ccc(-c2c(OC(F)F)ccc(Cl)c2F)cn1. The summed E-state index contributed by atoms with van der Waals surface area (Å²) in [6, 6.07) is 11.1. The zero-order valence-corrected chi connectivity index (χ0v) is 20.7. The van der Waals surface area contributed by atoms with Gasteiger partial charge in [0.05, 0.1) is 27.8 Å². The Morgan fingerprint density at radius 2 is 1.84 bits per heavy atom. The first-order valence-corrected chi connectivity index (χ1v) is 11.9. The van der Waals surface area contributed by atoms with Crippen molar-refractivity contribution < 1.29 is 32.6 Å². The number of alkyl halides is 2. The molecule has 0 saturated heterocycles. The van der Waals surface area contributed by atoms with Gasteiger partial charge in [-0.3, -0.25) is 9.78 Å². The van der Waals surface area contributed by atoms with Crippen molar-refractivity contribution in [3.05, 3.63) is 76.8 Å². The van der Waals surface area contributed by atoms with Gasteiger partial charge < -0.3 is 15.2 Å². The molecule has 1 heterocycles. The summed E-state index contributed by atoms with van der Waals surface area (Å²) >= 11 is 5.87. The number of nitrogens with one attached hydrogen (secondary N) is 1. The normalized spacial score (nSPS) is 16.8. The summed E-state index contributed by atoms with van der Waals surface area (Å²) in [5, 5.41) is 11.6. The molecule has 6 nitrogen and oxygen atoms in total. The predicted octanol–water partition coefficient (Wildman–Crippen LogP) is 7.00. The number of nitrogens with zero attached hydrogens (tertiary/aromatic N) is 1. The average molecular weight is 533 g/mol. The predicted molar refractivity (Wildman–Crippen MR) is 133 cm³/mol. The quantitative estimate of drug-likeness (QED) is 0.310. The molecule has 194 valence electrons. The van der Waals surface area contributed by atoms with Crippen LogP contribution in [0.4, 0.5) is 18.9 Å². The third-order valence-electron chi connectivity index (χ3n) is 6.66. The molecule has 0 spiro atoms. The summed E-state index contributed by atoms with van der Waals surface area (Å²) in [7, 11) is 0. The number of hydrogen-bond donors (Lipinski definition) is 2. The minimum atomic E-state index is -3.16. The van der Waals surface area contributed by atoms with E-state index in [1.165, 1.54) is 36.5 Å². The Morgan fingerprint density at radius 1 is 1.16 bits per heavy atom. The van der Waals surface area contributed by atoms with Crippen LogP contribution in [-0.4, -0.2) is 28.6 Å². The molecule has 1 aromatic heterocycles. The standard InChI is InChI=1S/C27H24ClF3N2O4/c1-27(2)12-16(27)11-18(24(34)33-17-6-3-14(4-7-17)25(35)36)20-9-5-15(13-32-20)22-21(37-26(30)31)10-8-19(28)23(22)29/h3-10,13,16,18,26H,11-12H2,1-2H3,(H,33,34)(H,35,36). The van der Waals surface area contributed by atoms with Crippen molar-refractivity contribution >= 4 is 29.2 Å². The minimum absolute atomic E-state index is 0.0903. The van der Waals surface area contributed by atoms with Gasteiger partial charge in [-0.1, -0.05) is 31.5 Å². The highest BCUT2D eigenvalue weighted by Gasteiger charge is 2.47. The van der Waals surface area contributed by atoms with Crippen LogP contribution in [0.3, 0.4) is 0 Å². The lowest BCUT2D eigenvalue weighted by Crippen LogP contribution is -2.23. The Balaban J connectivity index is 1.62. The Morgan fingerprint density at radius 3 is 2.38 bits per heavy atom. The summed E-state index contributed by atoms with van der Waals surface area (Å²) in [6.07, 6.45) is 2.76. The van der Waals surface area contributed by atoms with Crippen LogP contribution in [0.5, 0.6) is 5.75 Å². The molecule has 3 aromatic rings. The van der Waals surface area contributed by atoms with E-state index >= 15 is 0 Å². The van der Waals surface area contributed by atoms with Crippen LogP contribution < -0.4 is 10.1 Å². The van der Waals surface area contributed by atoms with E-state index in [0.717, 1.165) is 18.6 Å². The van der Waals surface area contributed by atoms with Crippen LogP contribution in [-0.2, 0) is 4.79 Å². The van der Waals surface area contributed by atoms with Crippen LogP contribution in [0.25, 0.3) is 11.1 Å². The highest BCUT2D eigenvalue weighted by molar-refractivity contribution is 6.31. The van der Waals surface area contributed by atoms with E-state index in [0.29, 0.717) is 17.8 Å². The second-order valence-corrected chi connectivity index (χ2v) is 10.0. The number of halogens is 4. The maximum absolute atomic E-state index is 14.8. The lowest BCUT2D eigenvalue weighted by Gasteiger charge is -2.18. The molecule has 1 saturated carbocycles. The zero-order valence-electron chi connectivity index (χ0n) is 20.0. The van der Waals surface area contributed by atoms with Gasteiger partial charge in [0.2, 0.25) is 5.91 Å². The van der Waals surface area contributed by atoms with E-state index in [1.807, 2.05) is 0 Å². The maximum atomic E-state index is 14.8.